The molecular weight excluding hydrogens is 656 g/mol. The molecule has 13 N–H and O–H groups in total. The van der Waals surface area contributed by atoms with Crippen molar-refractivity contribution in [1.82, 2.24) is 21.3 Å². The lowest BCUT2D eigenvalue weighted by Crippen LogP contribution is -2.59. The summed E-state index contributed by atoms with van der Waals surface area (Å²) in [6.45, 7) is 3.10. The van der Waals surface area contributed by atoms with Crippen molar-refractivity contribution in [3.8, 4) is 0 Å². The average molecular weight is 704 g/mol. The molecule has 2 rings (SSSR count). The maximum absolute atomic E-state index is 13.8. The highest BCUT2D eigenvalue weighted by atomic mass is 19.1. The van der Waals surface area contributed by atoms with E-state index in [2.05, 4.69) is 26.3 Å². The van der Waals surface area contributed by atoms with Gasteiger partial charge in [-0.05, 0) is 60.6 Å². The topological polar surface area (TPSA) is 270 Å². The molecule has 0 aliphatic carbocycles. The van der Waals surface area contributed by atoms with E-state index in [0.717, 1.165) is 0 Å². The smallest absolute Gasteiger partial charge is 0.243 e. The molecule has 0 unspecified atom stereocenters. The lowest BCUT2D eigenvalue weighted by atomic mass is 9.99. The average Bonchev–Trinajstić information content (AvgIpc) is 3.05. The molecule has 15 nitrogen and oxygen atoms in total. The first-order valence-electron chi connectivity index (χ1n) is 16.0. The lowest BCUT2D eigenvalue weighted by molar-refractivity contribution is -0.134. The number of aliphatic hydroxyl groups excluding tert-OH is 1. The number of carbonyl (C=O) groups is 5. The van der Waals surface area contributed by atoms with Gasteiger partial charge in [0, 0.05) is 19.4 Å². The predicted octanol–water partition coefficient (Wildman–Crippen LogP) is -1.41. The van der Waals surface area contributed by atoms with Crippen LogP contribution in [-0.2, 0) is 36.8 Å². The second-order valence-corrected chi connectivity index (χ2v) is 12.2. The Morgan fingerprint density at radius 3 is 1.54 bits per heavy atom. The molecule has 274 valence electrons. The summed E-state index contributed by atoms with van der Waals surface area (Å²) in [6, 6.07) is 4.01. The number of amides is 5. The Labute approximate surface area is 289 Å². The highest BCUT2D eigenvalue weighted by molar-refractivity contribution is 5.96. The third-order valence-electron chi connectivity index (χ3n) is 7.45. The Hall–Kier alpha value is -5.16. The van der Waals surface area contributed by atoms with Crippen LogP contribution in [0.2, 0.25) is 0 Å². The Morgan fingerprint density at radius 1 is 0.700 bits per heavy atom. The third-order valence-corrected chi connectivity index (χ3v) is 7.45. The van der Waals surface area contributed by atoms with E-state index in [0.29, 0.717) is 17.5 Å². The number of benzene rings is 2. The van der Waals surface area contributed by atoms with E-state index < -0.39 is 78.0 Å². The second-order valence-electron chi connectivity index (χ2n) is 12.2. The molecule has 0 heterocycles. The minimum absolute atomic E-state index is 0.115. The van der Waals surface area contributed by atoms with Gasteiger partial charge < -0.3 is 49.3 Å². The van der Waals surface area contributed by atoms with Crippen LogP contribution in [0.3, 0.4) is 0 Å². The van der Waals surface area contributed by atoms with Crippen molar-refractivity contribution >= 4 is 35.5 Å². The summed E-state index contributed by atoms with van der Waals surface area (Å²) >= 11 is 0. The van der Waals surface area contributed by atoms with Crippen LogP contribution in [0.5, 0.6) is 0 Å². The van der Waals surface area contributed by atoms with E-state index in [4.69, 9.17) is 22.9 Å². The molecule has 0 aliphatic rings. The molecule has 0 aliphatic heterocycles. The van der Waals surface area contributed by atoms with Gasteiger partial charge in [0.05, 0.1) is 6.61 Å². The van der Waals surface area contributed by atoms with Crippen LogP contribution in [0.1, 0.15) is 44.2 Å². The third kappa shape index (κ3) is 14.5. The molecule has 0 aromatic heterocycles. The zero-order valence-corrected chi connectivity index (χ0v) is 28.0. The fraction of sp³-hybridized carbons (Fsp3) is 0.455. The van der Waals surface area contributed by atoms with E-state index in [9.17, 15) is 37.9 Å². The Kier molecular flexibility index (Phi) is 16.7. The number of guanidine groups is 1. The molecule has 50 heavy (non-hydrogen) atoms. The Bertz CT molecular complexity index is 1470. The monoisotopic (exact) mass is 703 g/mol. The van der Waals surface area contributed by atoms with Crippen LogP contribution in [0.15, 0.2) is 53.5 Å². The van der Waals surface area contributed by atoms with Crippen LogP contribution in [-0.4, -0.2) is 84.0 Å². The van der Waals surface area contributed by atoms with Gasteiger partial charge >= 0.3 is 0 Å². The number of nitrogens with two attached hydrogens (primary N) is 4. The molecule has 0 saturated carbocycles. The van der Waals surface area contributed by atoms with Crippen LogP contribution < -0.4 is 44.2 Å². The van der Waals surface area contributed by atoms with Crippen LogP contribution in [0.4, 0.5) is 8.78 Å². The van der Waals surface area contributed by atoms with E-state index in [1.54, 1.807) is 0 Å². The molecule has 0 spiro atoms. The maximum atomic E-state index is 13.8. The molecule has 0 bridgehead atoms. The Morgan fingerprint density at radius 2 is 1.12 bits per heavy atom. The van der Waals surface area contributed by atoms with Gasteiger partial charge in [-0.25, -0.2) is 8.78 Å². The highest BCUT2D eigenvalue weighted by Crippen LogP contribution is 2.12. The first-order chi connectivity index (χ1) is 23.6. The van der Waals surface area contributed by atoms with Gasteiger partial charge in [-0.1, -0.05) is 38.1 Å². The number of nitrogens with zero attached hydrogens (tertiary/aromatic N) is 1. The number of primary amides is 1. The maximum Gasteiger partial charge on any atom is 0.243 e. The lowest BCUT2D eigenvalue weighted by Gasteiger charge is -2.27. The molecule has 0 saturated heterocycles. The van der Waals surface area contributed by atoms with Crippen molar-refractivity contribution in [2.24, 2.45) is 33.8 Å². The number of rotatable bonds is 20. The molecule has 5 amide bonds. The summed E-state index contributed by atoms with van der Waals surface area (Å²) in [4.78, 5) is 69.5. The predicted molar refractivity (Wildman–Crippen MR) is 182 cm³/mol. The summed E-state index contributed by atoms with van der Waals surface area (Å²) in [5.74, 6) is -5.31. The van der Waals surface area contributed by atoms with Gasteiger partial charge in [0.2, 0.25) is 29.5 Å². The summed E-state index contributed by atoms with van der Waals surface area (Å²) < 4.78 is 27.2. The second kappa shape index (κ2) is 20.4. The van der Waals surface area contributed by atoms with Gasteiger partial charge in [-0.2, -0.15) is 0 Å². The number of aliphatic hydroxyl groups is 1. The fourth-order valence-corrected chi connectivity index (χ4v) is 4.80. The molecule has 5 atom stereocenters. The van der Waals surface area contributed by atoms with Gasteiger partial charge in [0.1, 0.15) is 41.8 Å². The highest BCUT2D eigenvalue weighted by Gasteiger charge is 2.32. The number of aliphatic imine (C=N–C) groups is 1. The van der Waals surface area contributed by atoms with Gasteiger partial charge in [-0.3, -0.25) is 29.0 Å². The van der Waals surface area contributed by atoms with E-state index in [1.807, 2.05) is 13.8 Å². The SMILES string of the molecule is CC(C)C[C@H](NC(=O)[C@@H](Cc1ccc(F)cc1)NC(=O)[C@@H](Cc1ccc(F)cc1)NC(=O)[C@@H](N)CO)C(=O)N[C@@H](CCCN=C(N)N)C(N)=O. The largest absolute Gasteiger partial charge is 0.394 e. The molecular formula is C33H47F2N9O6. The summed E-state index contributed by atoms with van der Waals surface area (Å²) in [5, 5.41) is 19.6. The Balaban J connectivity index is 2.37. The number of carbonyl (C=O) groups excluding carboxylic acids is 5. The van der Waals surface area contributed by atoms with E-state index in [-0.39, 0.29) is 44.1 Å². The van der Waals surface area contributed by atoms with Gasteiger partial charge in [0.25, 0.3) is 0 Å². The number of hydrogen-bond donors (Lipinski definition) is 9. The molecule has 17 heteroatoms. The fourth-order valence-electron chi connectivity index (χ4n) is 4.80. The van der Waals surface area contributed by atoms with Gasteiger partial charge in [-0.15, -0.1) is 0 Å². The first-order valence-corrected chi connectivity index (χ1v) is 16.0. The van der Waals surface area contributed by atoms with E-state index >= 15 is 0 Å². The van der Waals surface area contributed by atoms with Crippen molar-refractivity contribution in [2.75, 3.05) is 13.2 Å². The zero-order valence-electron chi connectivity index (χ0n) is 28.0. The zero-order chi connectivity index (χ0) is 37.4. The molecule has 0 fully saturated rings. The summed E-state index contributed by atoms with van der Waals surface area (Å²) in [7, 11) is 0. The van der Waals surface area contributed by atoms with Gasteiger partial charge in [0.15, 0.2) is 5.96 Å². The van der Waals surface area contributed by atoms with Crippen molar-refractivity contribution in [2.45, 2.75) is 76.2 Å². The minimum atomic E-state index is -1.36. The van der Waals surface area contributed by atoms with Crippen LogP contribution in [0.25, 0.3) is 0 Å². The van der Waals surface area contributed by atoms with Crippen molar-refractivity contribution in [1.29, 1.82) is 0 Å². The minimum Gasteiger partial charge on any atom is -0.394 e. The molecule has 2 aromatic carbocycles. The quantitative estimate of drug-likeness (QED) is 0.0445. The standard InChI is InChI=1S/C33H47F2N9O6/c1-18(2)14-25(30(48)41-24(28(37)46)4-3-13-40-33(38)39)43-32(50)27(16-20-7-11-22(35)12-8-20)44-31(49)26(42-29(47)23(36)17-45)15-19-5-9-21(34)10-6-19/h5-12,18,23-27,45H,3-4,13-17,36H2,1-2H3,(H2,37,46)(H,41,48)(H,42,47)(H,43,50)(H,44,49)(H4,38,39,40)/t23-,24-,25-,26+,27+/m0/s1. The van der Waals surface area contributed by atoms with Crippen LogP contribution >= 0.6 is 0 Å². The number of halogens is 2. The van der Waals surface area contributed by atoms with E-state index in [1.165, 1.54) is 48.5 Å². The first kappa shape index (κ1) is 41.0. The van der Waals surface area contributed by atoms with Crippen molar-refractivity contribution < 1.29 is 37.9 Å². The van der Waals surface area contributed by atoms with Crippen LogP contribution in [0, 0.1) is 17.6 Å². The normalized spacial score (nSPS) is 14.0. The molecule has 2 aromatic rings. The summed E-state index contributed by atoms with van der Waals surface area (Å²) in [6.07, 6.45) is 0.269. The molecule has 0 radical (unpaired) electrons. The number of hydrogen-bond acceptors (Lipinski definition) is 8. The van der Waals surface area contributed by atoms with Crippen molar-refractivity contribution in [3.05, 3.63) is 71.3 Å². The summed E-state index contributed by atoms with van der Waals surface area (Å²) in [5.41, 5.74) is 22.7. The number of nitrogens with one attached hydrogen (secondary N) is 4. The van der Waals surface area contributed by atoms with Crippen molar-refractivity contribution in [3.63, 3.8) is 0 Å².